The van der Waals surface area contributed by atoms with Gasteiger partial charge < -0.3 is 10.3 Å². The van der Waals surface area contributed by atoms with E-state index in [2.05, 4.69) is 20.5 Å². The molecule has 0 saturated carbocycles. The first-order chi connectivity index (χ1) is 17.5. The summed E-state index contributed by atoms with van der Waals surface area (Å²) in [6, 6.07) is 14.8. The minimum atomic E-state index is -4.98. The number of benzene rings is 3. The number of imidazole rings is 1. The lowest BCUT2D eigenvalue weighted by Crippen LogP contribution is -2.13. The third-order valence-corrected chi connectivity index (χ3v) is 5.61. The molecule has 0 atom stereocenters. The van der Waals surface area contributed by atoms with Crippen LogP contribution in [0.5, 0.6) is 0 Å². The quantitative estimate of drug-likeness (QED) is 0.266. The van der Waals surface area contributed by atoms with E-state index in [4.69, 9.17) is 0 Å². The van der Waals surface area contributed by atoms with Gasteiger partial charge in [-0.3, -0.25) is 4.57 Å². The second kappa shape index (κ2) is 8.80. The van der Waals surface area contributed by atoms with Gasteiger partial charge in [0.05, 0.1) is 16.8 Å². The fourth-order valence-corrected chi connectivity index (χ4v) is 3.88. The third kappa shape index (κ3) is 4.77. The van der Waals surface area contributed by atoms with E-state index in [-0.39, 0.29) is 17.6 Å². The Morgan fingerprint density at radius 1 is 0.784 bits per heavy atom. The fraction of sp³-hybridized carbons (Fsp3) is 0.0800. The van der Waals surface area contributed by atoms with Gasteiger partial charge in [-0.25, -0.2) is 4.79 Å². The minimum absolute atomic E-state index is 0.0118. The molecular formula is C25H15F6N5O. The maximum Gasteiger partial charge on any atom is 0.416 e. The Morgan fingerprint density at radius 2 is 1.41 bits per heavy atom. The van der Waals surface area contributed by atoms with Crippen LogP contribution >= 0.6 is 0 Å². The molecule has 12 heteroatoms. The summed E-state index contributed by atoms with van der Waals surface area (Å²) in [7, 11) is 0. The van der Waals surface area contributed by atoms with E-state index in [1.807, 2.05) is 0 Å². The number of fused-ring (bicyclic) bond motifs is 1. The smallest absolute Gasteiger partial charge is 0.338 e. The molecule has 188 valence electrons. The molecule has 2 N–H and O–H groups in total. The zero-order chi connectivity index (χ0) is 26.4. The van der Waals surface area contributed by atoms with Gasteiger partial charge in [0.25, 0.3) is 0 Å². The number of nitrogens with one attached hydrogen (secondary N) is 2. The van der Waals surface area contributed by atoms with Crippen LogP contribution in [0.2, 0.25) is 0 Å². The van der Waals surface area contributed by atoms with Gasteiger partial charge in [0.2, 0.25) is 0 Å². The molecule has 0 aliphatic carbocycles. The van der Waals surface area contributed by atoms with E-state index in [0.29, 0.717) is 39.8 Å². The molecule has 5 aromatic rings. The lowest BCUT2D eigenvalue weighted by molar-refractivity contribution is -0.143. The number of alkyl halides is 6. The molecule has 0 spiro atoms. The summed E-state index contributed by atoms with van der Waals surface area (Å²) in [5.41, 5.74) is -1.95. The van der Waals surface area contributed by atoms with Crippen LogP contribution in [0.4, 0.5) is 37.8 Å². The summed E-state index contributed by atoms with van der Waals surface area (Å²) in [6.07, 6.45) is -6.88. The van der Waals surface area contributed by atoms with Crippen molar-refractivity contribution in [3.8, 4) is 16.9 Å². The molecule has 2 aromatic heterocycles. The van der Waals surface area contributed by atoms with Gasteiger partial charge in [0.1, 0.15) is 5.69 Å². The molecule has 0 amide bonds. The molecule has 0 radical (unpaired) electrons. The van der Waals surface area contributed by atoms with Crippen LogP contribution in [0.25, 0.3) is 27.7 Å². The molecule has 0 fully saturated rings. The Labute approximate surface area is 204 Å². The first kappa shape index (κ1) is 24.1. The summed E-state index contributed by atoms with van der Waals surface area (Å²) in [5, 5.41) is 11.8. The summed E-state index contributed by atoms with van der Waals surface area (Å²) in [6.45, 7) is 0. The van der Waals surface area contributed by atoms with E-state index < -0.39 is 29.2 Å². The molecule has 0 aliphatic rings. The predicted molar refractivity (Wildman–Crippen MR) is 125 cm³/mol. The maximum absolute atomic E-state index is 13.3. The average Bonchev–Trinajstić information content (AvgIpc) is 3.29. The maximum atomic E-state index is 13.3. The highest BCUT2D eigenvalue weighted by atomic mass is 19.4. The van der Waals surface area contributed by atoms with Crippen molar-refractivity contribution in [1.29, 1.82) is 0 Å². The molecule has 0 aliphatic heterocycles. The Bertz CT molecular complexity index is 1620. The van der Waals surface area contributed by atoms with Gasteiger partial charge in [0, 0.05) is 34.4 Å². The summed E-state index contributed by atoms with van der Waals surface area (Å²) in [4.78, 5) is 14.4. The number of nitrogens with zero attached hydrogens (tertiary/aromatic N) is 3. The van der Waals surface area contributed by atoms with Gasteiger partial charge in [-0.15, -0.1) is 10.2 Å². The van der Waals surface area contributed by atoms with Crippen LogP contribution in [0.1, 0.15) is 11.1 Å². The summed E-state index contributed by atoms with van der Waals surface area (Å²) in [5.74, 6) is -0.0118. The zero-order valence-corrected chi connectivity index (χ0v) is 18.5. The van der Waals surface area contributed by atoms with Crippen LogP contribution in [-0.2, 0) is 12.4 Å². The number of aromatic amines is 1. The van der Waals surface area contributed by atoms with Crippen molar-refractivity contribution in [2.45, 2.75) is 12.4 Å². The second-order valence-corrected chi connectivity index (χ2v) is 8.04. The van der Waals surface area contributed by atoms with Gasteiger partial charge in [-0.2, -0.15) is 26.3 Å². The van der Waals surface area contributed by atoms with Gasteiger partial charge in [0.15, 0.2) is 5.82 Å². The minimum Gasteiger partial charge on any atom is -0.338 e. The first-order valence-corrected chi connectivity index (χ1v) is 10.7. The molecule has 37 heavy (non-hydrogen) atoms. The highest BCUT2D eigenvalue weighted by Gasteiger charge is 2.37. The molecular weight excluding hydrogens is 500 g/mol. The Balaban J connectivity index is 1.56. The van der Waals surface area contributed by atoms with Crippen LogP contribution in [0.15, 0.2) is 83.9 Å². The largest absolute Gasteiger partial charge is 0.416 e. The lowest BCUT2D eigenvalue weighted by Gasteiger charge is -2.16. The molecule has 0 bridgehead atoms. The number of H-pyrrole nitrogens is 1. The highest BCUT2D eigenvalue weighted by molar-refractivity contribution is 6.00. The van der Waals surface area contributed by atoms with Crippen molar-refractivity contribution < 1.29 is 26.3 Å². The van der Waals surface area contributed by atoms with E-state index >= 15 is 0 Å². The van der Waals surface area contributed by atoms with Crippen molar-refractivity contribution in [2.24, 2.45) is 0 Å². The Kier molecular flexibility index (Phi) is 5.73. The normalized spacial score (nSPS) is 12.2. The van der Waals surface area contributed by atoms with Crippen molar-refractivity contribution in [2.75, 3.05) is 5.32 Å². The molecule has 3 aromatic carbocycles. The van der Waals surface area contributed by atoms with Crippen molar-refractivity contribution in [1.82, 2.24) is 19.7 Å². The van der Waals surface area contributed by atoms with Crippen molar-refractivity contribution in [3.63, 3.8) is 0 Å². The lowest BCUT2D eigenvalue weighted by atomic mass is 10.0. The molecule has 0 unspecified atom stereocenters. The van der Waals surface area contributed by atoms with E-state index in [1.165, 1.54) is 10.8 Å². The Hall–Kier alpha value is -4.61. The number of hydrogen-bond donors (Lipinski definition) is 2. The van der Waals surface area contributed by atoms with Crippen LogP contribution in [0, 0.1) is 0 Å². The van der Waals surface area contributed by atoms with Gasteiger partial charge in [-0.05, 0) is 30.3 Å². The van der Waals surface area contributed by atoms with Crippen molar-refractivity contribution in [3.05, 3.63) is 101 Å². The van der Waals surface area contributed by atoms with Crippen molar-refractivity contribution >= 4 is 22.3 Å². The fourth-order valence-electron chi connectivity index (χ4n) is 3.88. The van der Waals surface area contributed by atoms with Gasteiger partial charge >= 0.3 is 18.0 Å². The number of hydrogen-bond acceptors (Lipinski definition) is 4. The Morgan fingerprint density at radius 3 is 1.97 bits per heavy atom. The predicted octanol–water partition coefficient (Wildman–Crippen LogP) is 6.56. The molecule has 6 nitrogen and oxygen atoms in total. The van der Waals surface area contributed by atoms with Crippen LogP contribution < -0.4 is 11.0 Å². The number of halogens is 6. The highest BCUT2D eigenvalue weighted by Crippen LogP contribution is 2.39. The standard InChI is InChI=1S/C25H15F6N5O/c26-24(27,28)15-11-16(25(29,30)31)13-17(12-15)33-22-20-4-2-1-3-19(20)21(34-35-22)14-5-7-18(8-6-14)36-10-9-32-23(36)37/h1-13H,(H,32,37)(H,33,35). The number of anilines is 2. The zero-order valence-electron chi connectivity index (χ0n) is 18.5. The average molecular weight is 515 g/mol. The molecule has 2 heterocycles. The van der Waals surface area contributed by atoms with Crippen LogP contribution in [0.3, 0.4) is 0 Å². The monoisotopic (exact) mass is 515 g/mol. The van der Waals surface area contributed by atoms with Gasteiger partial charge in [-0.1, -0.05) is 36.4 Å². The second-order valence-electron chi connectivity index (χ2n) is 8.04. The van der Waals surface area contributed by atoms with Crippen LogP contribution in [-0.4, -0.2) is 19.7 Å². The molecule has 0 saturated heterocycles. The summed E-state index contributed by atoms with van der Waals surface area (Å²) >= 11 is 0. The number of rotatable bonds is 4. The summed E-state index contributed by atoms with van der Waals surface area (Å²) < 4.78 is 81.0. The molecule has 5 rings (SSSR count). The SMILES string of the molecule is O=c1[nH]ccn1-c1ccc(-c2nnc(Nc3cc(C(F)(F)F)cc(C(F)(F)F)c3)c3ccccc23)cc1. The van der Waals surface area contributed by atoms with E-state index in [0.717, 1.165) is 0 Å². The number of aromatic nitrogens is 4. The first-order valence-electron chi connectivity index (χ1n) is 10.7. The van der Waals surface area contributed by atoms with E-state index in [9.17, 15) is 31.1 Å². The third-order valence-electron chi connectivity index (χ3n) is 5.61. The van der Waals surface area contributed by atoms with E-state index in [1.54, 1.807) is 54.7 Å². The topological polar surface area (TPSA) is 75.6 Å².